The van der Waals surface area contributed by atoms with Gasteiger partial charge in [0.2, 0.25) is 0 Å². The first-order valence-electron chi connectivity index (χ1n) is 13.2. The van der Waals surface area contributed by atoms with Gasteiger partial charge in [-0.25, -0.2) is 14.8 Å². The normalized spacial score (nSPS) is 11.6. The lowest BCUT2D eigenvalue weighted by Crippen LogP contribution is -2.33. The minimum Gasteiger partial charge on any atom is -0.494 e. The number of rotatable bonds is 11. The van der Waals surface area contributed by atoms with Crippen molar-refractivity contribution in [1.82, 2.24) is 30.3 Å². The molecule has 0 aliphatic rings. The summed E-state index contributed by atoms with van der Waals surface area (Å²) in [5.74, 6) is 1.94. The van der Waals surface area contributed by atoms with E-state index in [1.165, 1.54) is 10.4 Å². The molecule has 2 aromatic carbocycles. The van der Waals surface area contributed by atoms with Gasteiger partial charge in [0.15, 0.2) is 0 Å². The minimum atomic E-state index is -0.505. The molecule has 0 unspecified atom stereocenters. The Balaban J connectivity index is 1.26. The molecular formula is C30H36N6O4. The highest BCUT2D eigenvalue weighted by molar-refractivity contribution is 5.67. The fraction of sp³-hybridized carbons (Fsp3) is 0.367. The molecule has 1 N–H and O–H groups in total. The first-order chi connectivity index (χ1) is 19.1. The molecule has 2 heterocycles. The van der Waals surface area contributed by atoms with Gasteiger partial charge >= 0.3 is 6.09 Å². The van der Waals surface area contributed by atoms with Gasteiger partial charge in [0.05, 0.1) is 24.7 Å². The SMILES string of the molecule is CC(C)(C)OC(=O)NCCCOc1ccc(C(C)(C)c2ccc(OCc3ccnc(-n4nccn4)n3)cc2)cc1. The van der Waals surface area contributed by atoms with Crippen LogP contribution in [0.3, 0.4) is 0 Å². The molecule has 10 nitrogen and oxygen atoms in total. The van der Waals surface area contributed by atoms with E-state index >= 15 is 0 Å². The Labute approximate surface area is 234 Å². The standard InChI is InChI=1S/C30H36N6O4/c1-29(2,3)40-28(37)32-16-6-20-38-25-11-7-22(8-12-25)30(4,5)23-9-13-26(14-10-23)39-21-24-15-17-31-27(35-24)36-33-18-19-34-36/h7-15,17-19H,6,16,20-21H2,1-5H3,(H,32,37). The predicted octanol–water partition coefficient (Wildman–Crippen LogP) is 5.26. The van der Waals surface area contributed by atoms with Gasteiger partial charge in [-0.05, 0) is 68.7 Å². The van der Waals surface area contributed by atoms with Crippen LogP contribution in [0.25, 0.3) is 5.95 Å². The summed E-state index contributed by atoms with van der Waals surface area (Å²) in [4.78, 5) is 21.7. The highest BCUT2D eigenvalue weighted by Gasteiger charge is 2.23. The molecular weight excluding hydrogens is 508 g/mol. The number of amides is 1. The van der Waals surface area contributed by atoms with Crippen LogP contribution < -0.4 is 14.8 Å². The van der Waals surface area contributed by atoms with Crippen molar-refractivity contribution in [3.05, 3.63) is 90.0 Å². The molecule has 0 spiro atoms. The van der Waals surface area contributed by atoms with E-state index < -0.39 is 11.7 Å². The van der Waals surface area contributed by atoms with Crippen molar-refractivity contribution < 1.29 is 19.0 Å². The number of nitrogens with zero attached hydrogens (tertiary/aromatic N) is 5. The third-order valence-electron chi connectivity index (χ3n) is 6.09. The second kappa shape index (κ2) is 12.6. The van der Waals surface area contributed by atoms with E-state index in [-0.39, 0.29) is 5.41 Å². The molecule has 0 aliphatic heterocycles. The number of ether oxygens (including phenoxy) is 3. The molecule has 0 radical (unpaired) electrons. The maximum absolute atomic E-state index is 11.7. The van der Waals surface area contributed by atoms with Crippen molar-refractivity contribution in [2.24, 2.45) is 0 Å². The molecule has 2 aromatic heterocycles. The van der Waals surface area contributed by atoms with Crippen molar-refractivity contribution in [1.29, 1.82) is 0 Å². The lowest BCUT2D eigenvalue weighted by Gasteiger charge is -2.26. The summed E-state index contributed by atoms with van der Waals surface area (Å²) in [7, 11) is 0. The monoisotopic (exact) mass is 544 g/mol. The smallest absolute Gasteiger partial charge is 0.407 e. The minimum absolute atomic E-state index is 0.216. The molecule has 4 rings (SSSR count). The summed E-state index contributed by atoms with van der Waals surface area (Å²) in [5.41, 5.74) is 2.34. The van der Waals surface area contributed by atoms with Crippen molar-refractivity contribution >= 4 is 6.09 Å². The Kier molecular flexibility index (Phi) is 8.98. The van der Waals surface area contributed by atoms with E-state index in [1.807, 2.05) is 45.0 Å². The van der Waals surface area contributed by atoms with E-state index in [1.54, 1.807) is 24.7 Å². The van der Waals surface area contributed by atoms with Crippen LogP contribution in [0, 0.1) is 0 Å². The summed E-state index contributed by atoms with van der Waals surface area (Å²) < 4.78 is 17.0. The molecule has 0 fully saturated rings. The van der Waals surface area contributed by atoms with Gasteiger partial charge in [0, 0.05) is 18.2 Å². The van der Waals surface area contributed by atoms with Gasteiger partial charge in [-0.15, -0.1) is 4.80 Å². The summed E-state index contributed by atoms with van der Waals surface area (Å²) in [6.45, 7) is 11.2. The predicted molar refractivity (Wildman–Crippen MR) is 151 cm³/mol. The highest BCUT2D eigenvalue weighted by Crippen LogP contribution is 2.33. The number of carbonyl (C=O) groups excluding carboxylic acids is 1. The van der Waals surface area contributed by atoms with Crippen molar-refractivity contribution in [2.75, 3.05) is 13.2 Å². The van der Waals surface area contributed by atoms with E-state index in [0.29, 0.717) is 32.1 Å². The van der Waals surface area contributed by atoms with E-state index in [2.05, 4.69) is 63.6 Å². The fourth-order valence-electron chi connectivity index (χ4n) is 3.91. The molecule has 10 heteroatoms. The molecule has 210 valence electrons. The second-order valence-electron chi connectivity index (χ2n) is 10.8. The molecule has 0 atom stereocenters. The van der Waals surface area contributed by atoms with E-state index in [4.69, 9.17) is 14.2 Å². The first kappa shape index (κ1) is 28.5. The molecule has 4 aromatic rings. The zero-order valence-corrected chi connectivity index (χ0v) is 23.6. The maximum atomic E-state index is 11.7. The van der Waals surface area contributed by atoms with Crippen LogP contribution in [-0.4, -0.2) is 49.8 Å². The summed E-state index contributed by atoms with van der Waals surface area (Å²) in [5, 5.41) is 10.9. The number of nitrogens with one attached hydrogen (secondary N) is 1. The summed E-state index contributed by atoms with van der Waals surface area (Å²) in [6, 6.07) is 18.0. The number of benzene rings is 2. The van der Waals surface area contributed by atoms with Crippen molar-refractivity contribution in [3.8, 4) is 17.4 Å². The first-order valence-corrected chi connectivity index (χ1v) is 13.2. The Bertz CT molecular complexity index is 1360. The van der Waals surface area contributed by atoms with E-state index in [0.717, 1.165) is 22.8 Å². The lowest BCUT2D eigenvalue weighted by atomic mass is 9.78. The molecule has 0 saturated heterocycles. The zero-order valence-electron chi connectivity index (χ0n) is 23.6. The van der Waals surface area contributed by atoms with Crippen LogP contribution in [0.15, 0.2) is 73.2 Å². The quantitative estimate of drug-likeness (QED) is 0.255. The average molecular weight is 545 g/mol. The van der Waals surface area contributed by atoms with Crippen LogP contribution in [-0.2, 0) is 16.8 Å². The average Bonchev–Trinajstić information content (AvgIpc) is 3.47. The largest absolute Gasteiger partial charge is 0.494 e. The van der Waals surface area contributed by atoms with Gasteiger partial charge < -0.3 is 19.5 Å². The maximum Gasteiger partial charge on any atom is 0.407 e. The van der Waals surface area contributed by atoms with Crippen LogP contribution >= 0.6 is 0 Å². The summed E-state index contributed by atoms with van der Waals surface area (Å²) in [6.07, 6.45) is 5.09. The second-order valence-corrected chi connectivity index (χ2v) is 10.8. The van der Waals surface area contributed by atoms with Gasteiger partial charge in [-0.2, -0.15) is 10.2 Å². The van der Waals surface area contributed by atoms with E-state index in [9.17, 15) is 4.79 Å². The van der Waals surface area contributed by atoms with Gasteiger partial charge in [-0.3, -0.25) is 0 Å². The zero-order chi connectivity index (χ0) is 28.6. The number of hydrogen-bond donors (Lipinski definition) is 1. The Morgan fingerprint density at radius 3 is 2.02 bits per heavy atom. The third-order valence-corrected chi connectivity index (χ3v) is 6.09. The van der Waals surface area contributed by atoms with Crippen molar-refractivity contribution in [3.63, 3.8) is 0 Å². The molecule has 0 bridgehead atoms. The number of aromatic nitrogens is 5. The molecule has 0 aliphatic carbocycles. The lowest BCUT2D eigenvalue weighted by molar-refractivity contribution is 0.0525. The topological polar surface area (TPSA) is 113 Å². The number of carbonyl (C=O) groups is 1. The Morgan fingerprint density at radius 2 is 1.43 bits per heavy atom. The van der Waals surface area contributed by atoms with Gasteiger partial charge in [-0.1, -0.05) is 38.1 Å². The summed E-state index contributed by atoms with van der Waals surface area (Å²) >= 11 is 0. The Morgan fingerprint density at radius 1 is 0.825 bits per heavy atom. The number of alkyl carbamates (subject to hydrolysis) is 1. The van der Waals surface area contributed by atoms with Crippen molar-refractivity contribution in [2.45, 2.75) is 58.7 Å². The van der Waals surface area contributed by atoms with Crippen LogP contribution in [0.1, 0.15) is 57.9 Å². The fourth-order valence-corrected chi connectivity index (χ4v) is 3.91. The van der Waals surface area contributed by atoms with Gasteiger partial charge in [0.1, 0.15) is 23.7 Å². The van der Waals surface area contributed by atoms with Crippen LogP contribution in [0.2, 0.25) is 0 Å². The highest BCUT2D eigenvalue weighted by atomic mass is 16.6. The third kappa shape index (κ3) is 8.02. The molecule has 40 heavy (non-hydrogen) atoms. The Hall–Kier alpha value is -4.47. The van der Waals surface area contributed by atoms with Crippen LogP contribution in [0.4, 0.5) is 4.79 Å². The molecule has 0 saturated carbocycles. The van der Waals surface area contributed by atoms with Crippen LogP contribution in [0.5, 0.6) is 11.5 Å². The molecule has 1 amide bonds. The van der Waals surface area contributed by atoms with Gasteiger partial charge in [0.25, 0.3) is 5.95 Å². The number of hydrogen-bond acceptors (Lipinski definition) is 8.